The molecule has 0 amide bonds. The van der Waals surface area contributed by atoms with E-state index in [-0.39, 0.29) is 0 Å². The molecule has 0 saturated carbocycles. The van der Waals surface area contributed by atoms with E-state index in [1.807, 2.05) is 0 Å². The second-order valence-electron chi connectivity index (χ2n) is 17.3. The number of fused-ring (bicyclic) bond motifs is 10. The summed E-state index contributed by atoms with van der Waals surface area (Å²) < 4.78 is 2.41. The van der Waals surface area contributed by atoms with Crippen LogP contribution in [-0.2, 0) is 0 Å². The standard InChI is InChI=1S/C64H42N2/c1-2-13-43(14-3-1)45-25-27-46(28-26-45)49-17-12-18-52(39-49)65(54-36-37-59-57-21-7-6-19-55(57)56-20-8-9-22-58(56)61(59)42-54)51-33-29-47(30-34-51)50-32-38-64-62(41-50)60-23-10-11-24-63(60)66(64)53-35-31-44-15-4-5-16-48(44)40-53/h1-42H. The number of rotatable bonds is 7. The first-order valence-corrected chi connectivity index (χ1v) is 22.7. The maximum atomic E-state index is 2.41. The molecule has 1 aromatic heterocycles. The predicted molar refractivity (Wildman–Crippen MR) is 282 cm³/mol. The Hall–Kier alpha value is -8.72. The maximum absolute atomic E-state index is 2.41. The van der Waals surface area contributed by atoms with E-state index in [1.54, 1.807) is 0 Å². The Morgan fingerprint density at radius 2 is 0.712 bits per heavy atom. The molecule has 0 radical (unpaired) electrons. The van der Waals surface area contributed by atoms with Gasteiger partial charge in [-0.3, -0.25) is 0 Å². The SMILES string of the molecule is c1ccc(-c2ccc(-c3cccc(N(c4ccc(-c5ccc6c(c5)c5ccccc5n6-c5ccc6ccccc6c5)cc4)c4ccc5c6ccccc6c6ccccc6c5c4)c3)cc2)cc1. The summed E-state index contributed by atoms with van der Waals surface area (Å²) in [5.41, 5.74) is 14.0. The van der Waals surface area contributed by atoms with Gasteiger partial charge in [-0.1, -0.05) is 188 Å². The lowest BCUT2D eigenvalue weighted by Crippen LogP contribution is -2.10. The van der Waals surface area contributed by atoms with Crippen LogP contribution in [0.3, 0.4) is 0 Å². The number of hydrogen-bond acceptors (Lipinski definition) is 1. The summed E-state index contributed by atoms with van der Waals surface area (Å²) in [5, 5.41) is 12.6. The summed E-state index contributed by atoms with van der Waals surface area (Å²) in [7, 11) is 0. The van der Waals surface area contributed by atoms with Gasteiger partial charge in [0.05, 0.1) is 11.0 Å². The molecule has 13 aromatic rings. The van der Waals surface area contributed by atoms with Crippen molar-refractivity contribution < 1.29 is 0 Å². The molecule has 0 N–H and O–H groups in total. The quantitative estimate of drug-likeness (QED) is 0.145. The number of anilines is 3. The molecule has 308 valence electrons. The van der Waals surface area contributed by atoms with Crippen LogP contribution in [0.15, 0.2) is 255 Å². The van der Waals surface area contributed by atoms with Crippen LogP contribution in [0.2, 0.25) is 0 Å². The first-order valence-electron chi connectivity index (χ1n) is 22.7. The van der Waals surface area contributed by atoms with Crippen LogP contribution in [0.4, 0.5) is 17.1 Å². The van der Waals surface area contributed by atoms with Crippen molar-refractivity contribution >= 4 is 82.0 Å². The van der Waals surface area contributed by atoms with Crippen LogP contribution in [0, 0.1) is 0 Å². The fourth-order valence-corrected chi connectivity index (χ4v) is 10.3. The summed E-state index contributed by atoms with van der Waals surface area (Å²) in [6.45, 7) is 0. The number of nitrogens with zero attached hydrogens (tertiary/aromatic N) is 2. The highest BCUT2D eigenvalue weighted by Crippen LogP contribution is 2.43. The minimum Gasteiger partial charge on any atom is -0.310 e. The third kappa shape index (κ3) is 6.34. The highest BCUT2D eigenvalue weighted by atomic mass is 15.1. The molecule has 0 spiro atoms. The molecular weight excluding hydrogens is 797 g/mol. The second kappa shape index (κ2) is 15.5. The lowest BCUT2D eigenvalue weighted by Gasteiger charge is -2.27. The smallest absolute Gasteiger partial charge is 0.0541 e. The molecule has 0 fully saturated rings. The van der Waals surface area contributed by atoms with Crippen LogP contribution in [0.25, 0.3) is 104 Å². The highest BCUT2D eigenvalue weighted by molar-refractivity contribution is 6.26. The Kier molecular flexibility index (Phi) is 8.89. The first-order chi connectivity index (χ1) is 32.7. The minimum absolute atomic E-state index is 1.09. The van der Waals surface area contributed by atoms with E-state index < -0.39 is 0 Å². The van der Waals surface area contributed by atoms with Gasteiger partial charge in [-0.15, -0.1) is 0 Å². The zero-order valence-corrected chi connectivity index (χ0v) is 36.1. The monoisotopic (exact) mass is 838 g/mol. The largest absolute Gasteiger partial charge is 0.310 e. The zero-order valence-electron chi connectivity index (χ0n) is 36.1. The maximum Gasteiger partial charge on any atom is 0.0541 e. The van der Waals surface area contributed by atoms with Crippen LogP contribution in [0.1, 0.15) is 0 Å². The van der Waals surface area contributed by atoms with Gasteiger partial charge in [-0.25, -0.2) is 0 Å². The number of hydrogen-bond donors (Lipinski definition) is 0. The van der Waals surface area contributed by atoms with Crippen molar-refractivity contribution in [3.05, 3.63) is 255 Å². The minimum atomic E-state index is 1.09. The molecule has 2 heteroatoms. The second-order valence-corrected chi connectivity index (χ2v) is 17.3. The van der Waals surface area contributed by atoms with Crippen molar-refractivity contribution in [1.82, 2.24) is 4.57 Å². The third-order valence-electron chi connectivity index (χ3n) is 13.5. The molecule has 12 aromatic carbocycles. The van der Waals surface area contributed by atoms with Gasteiger partial charge in [0.2, 0.25) is 0 Å². The van der Waals surface area contributed by atoms with Crippen LogP contribution < -0.4 is 4.90 Å². The Balaban J connectivity index is 0.933. The van der Waals surface area contributed by atoms with Crippen LogP contribution in [0.5, 0.6) is 0 Å². The van der Waals surface area contributed by atoms with Crippen molar-refractivity contribution in [3.63, 3.8) is 0 Å². The highest BCUT2D eigenvalue weighted by Gasteiger charge is 2.18. The summed E-state index contributed by atoms with van der Waals surface area (Å²) >= 11 is 0. The summed E-state index contributed by atoms with van der Waals surface area (Å²) in [5.74, 6) is 0. The normalized spacial score (nSPS) is 11.6. The molecule has 2 nitrogen and oxygen atoms in total. The van der Waals surface area contributed by atoms with Crippen molar-refractivity contribution in [3.8, 4) is 39.1 Å². The van der Waals surface area contributed by atoms with E-state index >= 15 is 0 Å². The lowest BCUT2D eigenvalue weighted by molar-refractivity contribution is 1.19. The summed E-state index contributed by atoms with van der Waals surface area (Å²) in [6.07, 6.45) is 0. The van der Waals surface area contributed by atoms with Gasteiger partial charge in [-0.2, -0.15) is 0 Å². The van der Waals surface area contributed by atoms with Gasteiger partial charge in [0.1, 0.15) is 0 Å². The van der Waals surface area contributed by atoms with Gasteiger partial charge in [0.15, 0.2) is 0 Å². The number of aromatic nitrogens is 1. The van der Waals surface area contributed by atoms with E-state index in [0.717, 1.165) is 17.1 Å². The molecule has 1 heterocycles. The van der Waals surface area contributed by atoms with Gasteiger partial charge < -0.3 is 9.47 Å². The molecule has 13 rings (SSSR count). The van der Waals surface area contributed by atoms with E-state index in [1.165, 1.54) is 104 Å². The fraction of sp³-hybridized carbons (Fsp3) is 0. The van der Waals surface area contributed by atoms with Crippen molar-refractivity contribution in [2.75, 3.05) is 4.90 Å². The lowest BCUT2D eigenvalue weighted by atomic mass is 9.94. The molecule has 0 bridgehead atoms. The molecule has 0 aliphatic carbocycles. The number of benzene rings is 12. The molecule has 0 aliphatic rings. The van der Waals surface area contributed by atoms with E-state index in [0.29, 0.717) is 0 Å². The average Bonchev–Trinajstić information content (AvgIpc) is 3.73. The Bertz CT molecular complexity index is 3940. The molecule has 66 heavy (non-hydrogen) atoms. The summed E-state index contributed by atoms with van der Waals surface area (Å²) in [6, 6.07) is 93.3. The molecule has 0 atom stereocenters. The van der Waals surface area contributed by atoms with E-state index in [2.05, 4.69) is 264 Å². The fourth-order valence-electron chi connectivity index (χ4n) is 10.3. The topological polar surface area (TPSA) is 8.17 Å². The van der Waals surface area contributed by atoms with Crippen LogP contribution in [-0.4, -0.2) is 4.57 Å². The molecular formula is C64H42N2. The third-order valence-corrected chi connectivity index (χ3v) is 13.5. The van der Waals surface area contributed by atoms with E-state index in [4.69, 9.17) is 0 Å². The van der Waals surface area contributed by atoms with Gasteiger partial charge in [0.25, 0.3) is 0 Å². The molecule has 0 aliphatic heterocycles. The van der Waals surface area contributed by atoms with Crippen molar-refractivity contribution in [2.24, 2.45) is 0 Å². The van der Waals surface area contributed by atoms with Crippen LogP contribution >= 0.6 is 0 Å². The average molecular weight is 839 g/mol. The van der Waals surface area contributed by atoms with Gasteiger partial charge >= 0.3 is 0 Å². The Morgan fingerprint density at radius 3 is 1.44 bits per heavy atom. The van der Waals surface area contributed by atoms with E-state index in [9.17, 15) is 0 Å². The number of para-hydroxylation sites is 1. The first kappa shape index (κ1) is 37.8. The predicted octanol–water partition coefficient (Wildman–Crippen LogP) is 17.9. The zero-order chi connectivity index (χ0) is 43.6. The summed E-state index contributed by atoms with van der Waals surface area (Å²) in [4.78, 5) is 2.41. The van der Waals surface area contributed by atoms with Crippen molar-refractivity contribution in [1.29, 1.82) is 0 Å². The molecule has 0 unspecified atom stereocenters. The van der Waals surface area contributed by atoms with Gasteiger partial charge in [-0.05, 0) is 143 Å². The van der Waals surface area contributed by atoms with Gasteiger partial charge in [0, 0.05) is 33.5 Å². The Morgan fingerprint density at radius 1 is 0.227 bits per heavy atom. The Labute approximate surface area is 383 Å². The molecule has 0 saturated heterocycles. The van der Waals surface area contributed by atoms with Crippen molar-refractivity contribution in [2.45, 2.75) is 0 Å².